The minimum absolute atomic E-state index is 0.0797. The highest BCUT2D eigenvalue weighted by atomic mass is 16.5. The van der Waals surface area contributed by atoms with Crippen molar-refractivity contribution in [3.8, 4) is 0 Å². The number of carbonyl (C=O) groups is 1. The highest BCUT2D eigenvalue weighted by Crippen LogP contribution is 2.03. The first-order chi connectivity index (χ1) is 9.60. The summed E-state index contributed by atoms with van der Waals surface area (Å²) in [6.07, 6.45) is 4.73. The summed E-state index contributed by atoms with van der Waals surface area (Å²) < 4.78 is 4.89. The zero-order chi connectivity index (χ0) is 15.2. The highest BCUT2D eigenvalue weighted by Gasteiger charge is 2.01. The van der Waals surface area contributed by atoms with Gasteiger partial charge in [0.15, 0.2) is 5.96 Å². The van der Waals surface area contributed by atoms with Crippen molar-refractivity contribution in [2.45, 2.75) is 52.9 Å². The Kier molecular flexibility index (Phi) is 12.0. The molecule has 118 valence electrons. The zero-order valence-electron chi connectivity index (χ0n) is 13.5. The SMILES string of the molecule is CCOC(=O)CCCCCCNC(=NC)NCC(C)C. The van der Waals surface area contributed by atoms with Gasteiger partial charge in [0.05, 0.1) is 6.61 Å². The van der Waals surface area contributed by atoms with Crippen LogP contribution in [0.3, 0.4) is 0 Å². The van der Waals surface area contributed by atoms with Gasteiger partial charge in [-0.05, 0) is 25.7 Å². The lowest BCUT2D eigenvalue weighted by Gasteiger charge is -2.13. The molecule has 5 nitrogen and oxygen atoms in total. The maximum absolute atomic E-state index is 11.1. The fraction of sp³-hybridized carbons (Fsp3) is 0.867. The van der Waals surface area contributed by atoms with Crippen molar-refractivity contribution in [1.82, 2.24) is 10.6 Å². The highest BCUT2D eigenvalue weighted by molar-refractivity contribution is 5.79. The molecule has 0 aliphatic heterocycles. The number of hydrogen-bond acceptors (Lipinski definition) is 3. The summed E-state index contributed by atoms with van der Waals surface area (Å²) in [5.74, 6) is 1.39. The number of aliphatic imine (C=N–C) groups is 1. The van der Waals surface area contributed by atoms with Crippen molar-refractivity contribution in [2.24, 2.45) is 10.9 Å². The second-order valence-electron chi connectivity index (χ2n) is 5.24. The fourth-order valence-corrected chi connectivity index (χ4v) is 1.71. The van der Waals surface area contributed by atoms with Gasteiger partial charge in [0.2, 0.25) is 0 Å². The number of esters is 1. The number of nitrogens with one attached hydrogen (secondary N) is 2. The van der Waals surface area contributed by atoms with E-state index in [1.807, 2.05) is 6.92 Å². The zero-order valence-corrected chi connectivity index (χ0v) is 13.5. The molecule has 0 fully saturated rings. The predicted octanol–water partition coefficient (Wildman–Crippen LogP) is 2.32. The van der Waals surface area contributed by atoms with E-state index in [1.165, 1.54) is 0 Å². The van der Waals surface area contributed by atoms with Crippen LogP contribution in [0.15, 0.2) is 4.99 Å². The van der Waals surface area contributed by atoms with Crippen LogP contribution in [0.2, 0.25) is 0 Å². The number of ether oxygens (including phenoxy) is 1. The van der Waals surface area contributed by atoms with E-state index in [4.69, 9.17) is 4.74 Å². The van der Waals surface area contributed by atoms with Crippen LogP contribution in [-0.2, 0) is 9.53 Å². The summed E-state index contributed by atoms with van der Waals surface area (Å²) in [5, 5.41) is 6.57. The molecule has 0 heterocycles. The van der Waals surface area contributed by atoms with Crippen molar-refractivity contribution in [3.05, 3.63) is 0 Å². The largest absolute Gasteiger partial charge is 0.466 e. The maximum atomic E-state index is 11.1. The van der Waals surface area contributed by atoms with Crippen molar-refractivity contribution in [3.63, 3.8) is 0 Å². The quantitative estimate of drug-likeness (QED) is 0.280. The molecule has 2 N–H and O–H groups in total. The number of hydrogen-bond donors (Lipinski definition) is 2. The molecule has 0 aliphatic rings. The Bertz CT molecular complexity index is 278. The minimum Gasteiger partial charge on any atom is -0.466 e. The fourth-order valence-electron chi connectivity index (χ4n) is 1.71. The van der Waals surface area contributed by atoms with Crippen LogP contribution in [0.4, 0.5) is 0 Å². The topological polar surface area (TPSA) is 62.7 Å². The van der Waals surface area contributed by atoms with Gasteiger partial charge in [-0.3, -0.25) is 9.79 Å². The van der Waals surface area contributed by atoms with Crippen LogP contribution >= 0.6 is 0 Å². The van der Waals surface area contributed by atoms with Gasteiger partial charge in [0.25, 0.3) is 0 Å². The third-order valence-electron chi connectivity index (χ3n) is 2.81. The lowest BCUT2D eigenvalue weighted by atomic mass is 10.1. The molecule has 0 atom stereocenters. The normalized spacial score (nSPS) is 11.6. The number of unbranched alkanes of at least 4 members (excludes halogenated alkanes) is 3. The Morgan fingerprint density at radius 1 is 1.15 bits per heavy atom. The van der Waals surface area contributed by atoms with Gasteiger partial charge in [0.1, 0.15) is 0 Å². The number of rotatable bonds is 10. The summed E-state index contributed by atoms with van der Waals surface area (Å²) in [5.41, 5.74) is 0. The molecule has 20 heavy (non-hydrogen) atoms. The van der Waals surface area contributed by atoms with Gasteiger partial charge in [-0.15, -0.1) is 0 Å². The van der Waals surface area contributed by atoms with Crippen LogP contribution < -0.4 is 10.6 Å². The Labute approximate surface area is 123 Å². The third kappa shape index (κ3) is 11.8. The van der Waals surface area contributed by atoms with E-state index >= 15 is 0 Å². The van der Waals surface area contributed by atoms with Crippen molar-refractivity contribution < 1.29 is 9.53 Å². The van der Waals surface area contributed by atoms with Crippen LogP contribution in [0, 0.1) is 5.92 Å². The molecule has 0 saturated carbocycles. The van der Waals surface area contributed by atoms with E-state index in [0.29, 0.717) is 18.9 Å². The summed E-state index contributed by atoms with van der Waals surface area (Å²) >= 11 is 0. The van der Waals surface area contributed by atoms with E-state index in [2.05, 4.69) is 29.5 Å². The van der Waals surface area contributed by atoms with Crippen molar-refractivity contribution in [1.29, 1.82) is 0 Å². The first-order valence-corrected chi connectivity index (χ1v) is 7.70. The second-order valence-corrected chi connectivity index (χ2v) is 5.24. The predicted molar refractivity (Wildman–Crippen MR) is 83.9 cm³/mol. The van der Waals surface area contributed by atoms with Crippen molar-refractivity contribution >= 4 is 11.9 Å². The summed E-state index contributed by atoms with van der Waals surface area (Å²) in [6.45, 7) is 8.50. The molecular formula is C15H31N3O2. The Balaban J connectivity index is 3.44. The van der Waals surface area contributed by atoms with E-state index < -0.39 is 0 Å². The van der Waals surface area contributed by atoms with E-state index in [9.17, 15) is 4.79 Å². The van der Waals surface area contributed by atoms with Gasteiger partial charge in [-0.25, -0.2) is 0 Å². The minimum atomic E-state index is -0.0797. The summed E-state index contributed by atoms with van der Waals surface area (Å²) in [6, 6.07) is 0. The van der Waals surface area contributed by atoms with Gasteiger partial charge in [-0.2, -0.15) is 0 Å². The lowest BCUT2D eigenvalue weighted by molar-refractivity contribution is -0.143. The molecular weight excluding hydrogens is 254 g/mol. The van der Waals surface area contributed by atoms with E-state index in [0.717, 1.165) is 44.7 Å². The number of carbonyl (C=O) groups excluding carboxylic acids is 1. The molecule has 0 amide bonds. The molecule has 0 unspecified atom stereocenters. The Morgan fingerprint density at radius 2 is 1.85 bits per heavy atom. The number of nitrogens with zero attached hydrogens (tertiary/aromatic N) is 1. The van der Waals surface area contributed by atoms with Gasteiger partial charge >= 0.3 is 5.97 Å². The molecule has 0 aromatic rings. The lowest BCUT2D eigenvalue weighted by Crippen LogP contribution is -2.39. The molecule has 0 bridgehead atoms. The molecule has 5 heteroatoms. The van der Waals surface area contributed by atoms with Crippen LogP contribution in [0.5, 0.6) is 0 Å². The smallest absolute Gasteiger partial charge is 0.305 e. The van der Waals surface area contributed by atoms with Gasteiger partial charge in [0, 0.05) is 26.6 Å². The van der Waals surface area contributed by atoms with Crippen LogP contribution in [-0.4, -0.2) is 38.7 Å². The van der Waals surface area contributed by atoms with Gasteiger partial charge < -0.3 is 15.4 Å². The van der Waals surface area contributed by atoms with Gasteiger partial charge in [-0.1, -0.05) is 26.7 Å². The Morgan fingerprint density at radius 3 is 2.45 bits per heavy atom. The molecule has 0 radical (unpaired) electrons. The molecule has 0 spiro atoms. The monoisotopic (exact) mass is 285 g/mol. The molecule has 0 saturated heterocycles. The molecule has 0 aromatic heterocycles. The summed E-state index contributed by atoms with van der Waals surface area (Å²) in [4.78, 5) is 15.3. The molecule has 0 aliphatic carbocycles. The average molecular weight is 285 g/mol. The van der Waals surface area contributed by atoms with E-state index in [-0.39, 0.29) is 5.97 Å². The Hall–Kier alpha value is -1.26. The molecule has 0 aromatic carbocycles. The third-order valence-corrected chi connectivity index (χ3v) is 2.81. The van der Waals surface area contributed by atoms with Crippen molar-refractivity contribution in [2.75, 3.05) is 26.7 Å². The summed E-state index contributed by atoms with van der Waals surface area (Å²) in [7, 11) is 1.79. The van der Waals surface area contributed by atoms with Crippen LogP contribution in [0.1, 0.15) is 52.9 Å². The first-order valence-electron chi connectivity index (χ1n) is 7.70. The second kappa shape index (κ2) is 12.8. The molecule has 0 rings (SSSR count). The number of guanidine groups is 1. The standard InChI is InChI=1S/C15H31N3O2/c1-5-20-14(19)10-8-6-7-9-11-17-15(16-4)18-12-13(2)3/h13H,5-12H2,1-4H3,(H2,16,17,18). The average Bonchev–Trinajstić information content (AvgIpc) is 2.41. The van der Waals surface area contributed by atoms with E-state index in [1.54, 1.807) is 7.05 Å². The first kappa shape index (κ1) is 18.7. The van der Waals surface area contributed by atoms with Crippen LogP contribution in [0.25, 0.3) is 0 Å². The maximum Gasteiger partial charge on any atom is 0.305 e.